The number of thioether (sulfide) groups is 1. The number of fused-ring (bicyclic) bond motifs is 1. The van der Waals surface area contributed by atoms with Crippen LogP contribution < -0.4 is 15.8 Å². The predicted octanol–water partition coefficient (Wildman–Crippen LogP) is 3.85. The monoisotopic (exact) mass is 731 g/mol. The molecular formula is C33H40F3N9O5S. The van der Waals surface area contributed by atoms with Gasteiger partial charge in [0.15, 0.2) is 17.9 Å². The lowest BCUT2D eigenvalue weighted by atomic mass is 10.1. The minimum atomic E-state index is -4.21. The first-order chi connectivity index (χ1) is 24.4. The maximum atomic E-state index is 13.4. The highest BCUT2D eigenvalue weighted by atomic mass is 32.2. The molecule has 18 heteroatoms. The summed E-state index contributed by atoms with van der Waals surface area (Å²) in [5.41, 5.74) is -0.662. The van der Waals surface area contributed by atoms with Crippen molar-refractivity contribution in [3.8, 4) is 5.75 Å². The molecule has 2 aliphatic heterocycles. The summed E-state index contributed by atoms with van der Waals surface area (Å²) < 4.78 is 44.2. The summed E-state index contributed by atoms with van der Waals surface area (Å²) in [7, 11) is 3.79. The molecule has 0 spiro atoms. The summed E-state index contributed by atoms with van der Waals surface area (Å²) >= 11 is -0.108. The number of rotatable bonds is 8. The van der Waals surface area contributed by atoms with Crippen LogP contribution in [0.25, 0.3) is 11.4 Å². The quantitative estimate of drug-likeness (QED) is 0.199. The second kappa shape index (κ2) is 17.9. The third-order valence-electron chi connectivity index (χ3n) is 8.01. The number of piperazine rings is 1. The zero-order valence-electron chi connectivity index (χ0n) is 28.7. The third-order valence-corrected chi connectivity index (χ3v) is 8.75. The number of nitrogens with one attached hydrogen (secondary N) is 1. The standard InChI is InChI=1S/C19H26N6O3.C8H8F3NS.C6H6N2O2/c1-3-15-16(23-8-6-22(2)7-9-23)18(27)25-19(24(15)10-11-26)20-17(21-25)14-4-12-28-13-5-14;1-12-6-2-4-7(5-3-6)13-8(9,10)11;1-4-6(10)5(2-9)8-3-7-4/h4,11H,3,5-10,12-13H2,1-2H3;2-5,12H,1H3;2-3,10H,1H3. The van der Waals surface area contributed by atoms with E-state index in [1.807, 2.05) is 17.6 Å². The Morgan fingerprint density at radius 3 is 2.35 bits per heavy atom. The average molecular weight is 732 g/mol. The molecule has 4 aromatic rings. The molecule has 2 N–H and O–H groups in total. The fourth-order valence-electron chi connectivity index (χ4n) is 5.32. The highest BCUT2D eigenvalue weighted by Gasteiger charge is 2.29. The van der Waals surface area contributed by atoms with E-state index in [1.165, 1.54) is 23.0 Å². The fourth-order valence-corrected chi connectivity index (χ4v) is 5.86. The third kappa shape index (κ3) is 10.1. The van der Waals surface area contributed by atoms with Crippen LogP contribution in [0, 0.1) is 6.92 Å². The van der Waals surface area contributed by atoms with E-state index in [9.17, 15) is 27.6 Å². The molecule has 2 aliphatic rings. The molecule has 1 aromatic carbocycles. The van der Waals surface area contributed by atoms with Gasteiger partial charge in [0, 0.05) is 43.8 Å². The van der Waals surface area contributed by atoms with Crippen LogP contribution in [-0.4, -0.2) is 111 Å². The zero-order chi connectivity index (χ0) is 37.1. The number of likely N-dealkylation sites (N-methyl/N-ethyl adjacent to an activating group) is 1. The van der Waals surface area contributed by atoms with Crippen molar-refractivity contribution < 1.29 is 32.6 Å². The van der Waals surface area contributed by atoms with Gasteiger partial charge in [0.05, 0.1) is 31.1 Å². The SMILES string of the molecule is CCc1c(N2CCN(C)CC2)c(=O)n2nc(C3=CCOCC3)nc2n1CC=O.CNc1ccc(SC(F)(F)F)cc1.Cc1ncnc(C=O)c1O. The van der Waals surface area contributed by atoms with Crippen molar-refractivity contribution in [2.24, 2.45) is 0 Å². The zero-order valence-corrected chi connectivity index (χ0v) is 29.5. The number of hydrogen-bond donors (Lipinski definition) is 2. The van der Waals surface area contributed by atoms with Crippen molar-refractivity contribution in [3.63, 3.8) is 0 Å². The summed E-state index contributed by atoms with van der Waals surface area (Å²) in [4.78, 5) is 51.3. The molecule has 6 rings (SSSR count). The predicted molar refractivity (Wildman–Crippen MR) is 188 cm³/mol. The molecule has 0 bridgehead atoms. The molecule has 1 saturated heterocycles. The fraction of sp³-hybridized carbons (Fsp3) is 0.424. The Bertz CT molecular complexity index is 1890. The van der Waals surface area contributed by atoms with E-state index in [0.717, 1.165) is 49.4 Å². The van der Waals surface area contributed by atoms with Gasteiger partial charge in [-0.05, 0) is 68.4 Å². The van der Waals surface area contributed by atoms with Crippen molar-refractivity contribution in [1.82, 2.24) is 34.0 Å². The number of ether oxygens (including phenoxy) is 1. The average Bonchev–Trinajstić information content (AvgIpc) is 3.58. The number of aromatic nitrogens is 6. The highest BCUT2D eigenvalue weighted by molar-refractivity contribution is 8.00. The molecule has 5 heterocycles. The first-order valence-corrected chi connectivity index (χ1v) is 16.9. The Kier molecular flexibility index (Phi) is 13.7. The van der Waals surface area contributed by atoms with Crippen LogP contribution in [0.15, 0.2) is 46.4 Å². The maximum Gasteiger partial charge on any atom is 0.446 e. The summed E-state index contributed by atoms with van der Waals surface area (Å²) in [6, 6.07) is 6.08. The Labute approximate surface area is 296 Å². The van der Waals surface area contributed by atoms with E-state index < -0.39 is 5.51 Å². The van der Waals surface area contributed by atoms with E-state index in [0.29, 0.717) is 55.3 Å². The maximum absolute atomic E-state index is 13.4. The topological polar surface area (TPSA) is 160 Å². The number of aromatic hydroxyl groups is 1. The second-order valence-corrected chi connectivity index (χ2v) is 12.5. The van der Waals surface area contributed by atoms with Gasteiger partial charge in [-0.1, -0.05) is 13.0 Å². The molecule has 0 amide bonds. The van der Waals surface area contributed by atoms with E-state index in [4.69, 9.17) is 9.84 Å². The Balaban J connectivity index is 0.000000209. The van der Waals surface area contributed by atoms with Crippen molar-refractivity contribution >= 4 is 47.1 Å². The van der Waals surface area contributed by atoms with Crippen molar-refractivity contribution in [3.05, 3.63) is 69.9 Å². The number of hydrogen-bond acceptors (Lipinski definition) is 13. The Morgan fingerprint density at radius 1 is 1.10 bits per heavy atom. The van der Waals surface area contributed by atoms with Gasteiger partial charge in [0.25, 0.3) is 5.56 Å². The van der Waals surface area contributed by atoms with Crippen LogP contribution in [0.4, 0.5) is 24.5 Å². The lowest BCUT2D eigenvalue weighted by Gasteiger charge is -2.35. The number of benzene rings is 1. The molecule has 1 fully saturated rings. The van der Waals surface area contributed by atoms with E-state index >= 15 is 0 Å². The molecule has 0 aliphatic carbocycles. The van der Waals surface area contributed by atoms with Crippen molar-refractivity contribution in [1.29, 1.82) is 0 Å². The van der Waals surface area contributed by atoms with Gasteiger partial charge in [-0.25, -0.2) is 9.97 Å². The lowest BCUT2D eigenvalue weighted by molar-refractivity contribution is -0.108. The molecule has 274 valence electrons. The molecule has 0 radical (unpaired) electrons. The molecule has 0 atom stereocenters. The van der Waals surface area contributed by atoms with Crippen molar-refractivity contribution in [2.75, 3.05) is 63.7 Å². The van der Waals surface area contributed by atoms with Crippen LogP contribution in [0.5, 0.6) is 5.75 Å². The molecule has 14 nitrogen and oxygen atoms in total. The number of anilines is 2. The van der Waals surface area contributed by atoms with Crippen LogP contribution >= 0.6 is 11.8 Å². The molecule has 3 aromatic heterocycles. The summed E-state index contributed by atoms with van der Waals surface area (Å²) in [6.45, 7) is 8.23. The molecular weight excluding hydrogens is 691 g/mol. The smallest absolute Gasteiger partial charge is 0.446 e. The normalized spacial score (nSPS) is 14.9. The largest absolute Gasteiger partial charge is 0.504 e. The van der Waals surface area contributed by atoms with Crippen molar-refractivity contribution in [2.45, 2.75) is 43.6 Å². The van der Waals surface area contributed by atoms with Crippen LogP contribution in [-0.2, 0) is 22.5 Å². The van der Waals surface area contributed by atoms with Crippen LogP contribution in [0.3, 0.4) is 0 Å². The summed E-state index contributed by atoms with van der Waals surface area (Å²) in [6.07, 6.45) is 5.88. The van der Waals surface area contributed by atoms with Gasteiger partial charge in [-0.2, -0.15) is 22.7 Å². The number of carbonyl (C=O) groups excluding carboxylic acids is 2. The number of aryl methyl sites for hydroxylation is 1. The second-order valence-electron chi connectivity index (χ2n) is 11.4. The van der Waals surface area contributed by atoms with Gasteiger partial charge >= 0.3 is 5.51 Å². The minimum Gasteiger partial charge on any atom is -0.504 e. The Morgan fingerprint density at radius 2 is 1.80 bits per heavy atom. The van der Waals surface area contributed by atoms with E-state index in [-0.39, 0.29) is 40.2 Å². The van der Waals surface area contributed by atoms with Gasteiger partial charge in [0.1, 0.15) is 24.0 Å². The van der Waals surface area contributed by atoms with Gasteiger partial charge in [-0.3, -0.25) is 9.59 Å². The van der Waals surface area contributed by atoms with Crippen LogP contribution in [0.2, 0.25) is 0 Å². The van der Waals surface area contributed by atoms with Gasteiger partial charge in [0.2, 0.25) is 5.78 Å². The number of halogens is 3. The van der Waals surface area contributed by atoms with Crippen LogP contribution in [0.1, 0.15) is 41.0 Å². The molecule has 51 heavy (non-hydrogen) atoms. The van der Waals surface area contributed by atoms with Gasteiger partial charge < -0.3 is 34.3 Å². The first-order valence-electron chi connectivity index (χ1n) is 16.1. The van der Waals surface area contributed by atoms with E-state index in [1.54, 1.807) is 26.1 Å². The number of aldehydes is 2. The summed E-state index contributed by atoms with van der Waals surface area (Å²) in [5, 5.41) is 16.4. The number of nitrogens with zero attached hydrogens (tertiary/aromatic N) is 8. The van der Waals surface area contributed by atoms with E-state index in [2.05, 4.69) is 42.2 Å². The molecule has 0 unspecified atom stereocenters. The lowest BCUT2D eigenvalue weighted by Crippen LogP contribution is -2.47. The number of carbonyl (C=O) groups is 2. The highest BCUT2D eigenvalue weighted by Crippen LogP contribution is 2.37. The number of alkyl halides is 3. The minimum absolute atomic E-state index is 0.0347. The van der Waals surface area contributed by atoms with Gasteiger partial charge in [-0.15, -0.1) is 5.10 Å². The molecule has 0 saturated carbocycles. The first kappa shape index (κ1) is 39.0. The summed E-state index contributed by atoms with van der Waals surface area (Å²) in [5.74, 6) is 0.823. The Hall–Kier alpha value is -4.81.